The lowest BCUT2D eigenvalue weighted by Crippen LogP contribution is -2.18. The fraction of sp³-hybridized carbons (Fsp3) is 0.818. The van der Waals surface area contributed by atoms with Gasteiger partial charge in [-0.15, -0.1) is 0 Å². The van der Waals surface area contributed by atoms with Gasteiger partial charge in [0.05, 0.1) is 6.61 Å². The molecule has 0 bridgehead atoms. The lowest BCUT2D eigenvalue weighted by atomic mass is 9.74. The van der Waals surface area contributed by atoms with Gasteiger partial charge in [-0.3, -0.25) is 0 Å². The molecule has 0 unspecified atom stereocenters. The maximum absolute atomic E-state index is 14.9. The van der Waals surface area contributed by atoms with E-state index in [1.54, 1.807) is 12.1 Å². The van der Waals surface area contributed by atoms with Crippen molar-refractivity contribution in [1.82, 2.24) is 0 Å². The molecular formula is C33H54F2O. The van der Waals surface area contributed by atoms with Gasteiger partial charge in [-0.1, -0.05) is 116 Å². The van der Waals surface area contributed by atoms with Crippen molar-refractivity contribution < 1.29 is 13.5 Å². The van der Waals surface area contributed by atoms with Gasteiger partial charge >= 0.3 is 0 Å². The Kier molecular flexibility index (Phi) is 13.6. The Morgan fingerprint density at radius 3 is 1.78 bits per heavy atom. The standard InChI is InChI=1S/C33H54F2O/c1-3-5-7-8-9-11-25-36-31-24-23-30(32(34)33(31)35)29-21-19-28(20-22-29)18-17-27-15-13-26(14-16-27)12-10-6-4-2/h23-24,26-29H,3-22,25H2,1-2H3. The van der Waals surface area contributed by atoms with Crippen molar-refractivity contribution in [1.29, 1.82) is 0 Å². The Balaban J connectivity index is 1.34. The molecule has 0 heterocycles. The molecule has 2 aliphatic rings. The molecule has 0 aromatic heterocycles. The van der Waals surface area contributed by atoms with E-state index < -0.39 is 11.6 Å². The lowest BCUT2D eigenvalue weighted by molar-refractivity contribution is 0.221. The van der Waals surface area contributed by atoms with Gasteiger partial charge in [-0.2, -0.15) is 4.39 Å². The molecule has 2 saturated carbocycles. The highest BCUT2D eigenvalue weighted by atomic mass is 19.2. The van der Waals surface area contributed by atoms with E-state index in [1.165, 1.54) is 89.9 Å². The zero-order valence-electron chi connectivity index (χ0n) is 23.5. The van der Waals surface area contributed by atoms with E-state index in [0.29, 0.717) is 12.2 Å². The van der Waals surface area contributed by atoms with E-state index in [2.05, 4.69) is 13.8 Å². The fourth-order valence-corrected chi connectivity index (χ4v) is 6.76. The molecule has 1 nitrogen and oxygen atoms in total. The molecule has 3 rings (SSSR count). The van der Waals surface area contributed by atoms with Crippen molar-refractivity contribution in [2.75, 3.05) is 6.61 Å². The highest BCUT2D eigenvalue weighted by molar-refractivity contribution is 5.33. The predicted octanol–water partition coefficient (Wildman–Crippen LogP) is 11.1. The molecule has 0 radical (unpaired) electrons. The second-order valence-corrected chi connectivity index (χ2v) is 12.1. The second kappa shape index (κ2) is 16.7. The number of ether oxygens (including phenoxy) is 1. The number of halogens is 2. The van der Waals surface area contributed by atoms with Crippen LogP contribution in [0.15, 0.2) is 12.1 Å². The van der Waals surface area contributed by atoms with Crippen molar-refractivity contribution in [3.05, 3.63) is 29.3 Å². The molecule has 0 atom stereocenters. The normalized spacial score (nSPS) is 24.7. The number of benzene rings is 1. The van der Waals surface area contributed by atoms with Crippen LogP contribution < -0.4 is 4.74 Å². The van der Waals surface area contributed by atoms with Crippen LogP contribution in [0.1, 0.15) is 154 Å². The third-order valence-corrected chi connectivity index (χ3v) is 9.28. The summed E-state index contributed by atoms with van der Waals surface area (Å²) in [7, 11) is 0. The molecule has 2 aliphatic carbocycles. The first-order valence-corrected chi connectivity index (χ1v) is 15.7. The van der Waals surface area contributed by atoms with E-state index in [-0.39, 0.29) is 11.7 Å². The summed E-state index contributed by atoms with van der Waals surface area (Å²) in [6.45, 7) is 4.97. The van der Waals surface area contributed by atoms with Gasteiger partial charge in [0, 0.05) is 0 Å². The molecule has 36 heavy (non-hydrogen) atoms. The Morgan fingerprint density at radius 2 is 1.14 bits per heavy atom. The quantitative estimate of drug-likeness (QED) is 0.203. The van der Waals surface area contributed by atoms with Crippen molar-refractivity contribution >= 4 is 0 Å². The maximum Gasteiger partial charge on any atom is 0.200 e. The highest BCUT2D eigenvalue weighted by Crippen LogP contribution is 2.41. The molecule has 0 amide bonds. The van der Waals surface area contributed by atoms with Crippen molar-refractivity contribution in [3.63, 3.8) is 0 Å². The minimum Gasteiger partial charge on any atom is -0.490 e. The Bertz CT molecular complexity index is 717. The molecule has 1 aromatic carbocycles. The van der Waals surface area contributed by atoms with Crippen molar-refractivity contribution in [2.24, 2.45) is 17.8 Å². The molecule has 0 saturated heterocycles. The highest BCUT2D eigenvalue weighted by Gasteiger charge is 2.28. The van der Waals surface area contributed by atoms with Gasteiger partial charge in [0.1, 0.15) is 0 Å². The van der Waals surface area contributed by atoms with Crippen LogP contribution in [0.2, 0.25) is 0 Å². The molecule has 3 heteroatoms. The number of hydrogen-bond acceptors (Lipinski definition) is 1. The van der Waals surface area contributed by atoms with Gasteiger partial charge in [-0.25, -0.2) is 4.39 Å². The largest absolute Gasteiger partial charge is 0.490 e. The first kappa shape index (κ1) is 29.4. The van der Waals surface area contributed by atoms with E-state index in [4.69, 9.17) is 4.74 Å². The van der Waals surface area contributed by atoms with Crippen molar-refractivity contribution in [3.8, 4) is 5.75 Å². The average Bonchev–Trinajstić information content (AvgIpc) is 2.90. The summed E-state index contributed by atoms with van der Waals surface area (Å²) < 4.78 is 35.2. The summed E-state index contributed by atoms with van der Waals surface area (Å²) in [5.41, 5.74) is 0.569. The molecule has 206 valence electrons. The summed E-state index contributed by atoms with van der Waals surface area (Å²) in [5.74, 6) is 1.48. The Morgan fingerprint density at radius 1 is 0.611 bits per heavy atom. The summed E-state index contributed by atoms with van der Waals surface area (Å²) in [6.07, 6.45) is 25.3. The van der Waals surface area contributed by atoms with Crippen LogP contribution in [0.5, 0.6) is 5.75 Å². The zero-order chi connectivity index (χ0) is 25.6. The first-order chi connectivity index (χ1) is 17.6. The summed E-state index contributed by atoms with van der Waals surface area (Å²) in [4.78, 5) is 0. The van der Waals surface area contributed by atoms with E-state index in [9.17, 15) is 8.78 Å². The summed E-state index contributed by atoms with van der Waals surface area (Å²) in [5, 5.41) is 0. The van der Waals surface area contributed by atoms with E-state index >= 15 is 0 Å². The van der Waals surface area contributed by atoms with Crippen LogP contribution in [0.3, 0.4) is 0 Å². The fourth-order valence-electron chi connectivity index (χ4n) is 6.76. The van der Waals surface area contributed by atoms with Gasteiger partial charge < -0.3 is 4.74 Å². The topological polar surface area (TPSA) is 9.23 Å². The number of unbranched alkanes of at least 4 members (excludes halogenated alkanes) is 7. The average molecular weight is 505 g/mol. The summed E-state index contributed by atoms with van der Waals surface area (Å²) >= 11 is 0. The lowest BCUT2D eigenvalue weighted by Gasteiger charge is -2.32. The van der Waals surface area contributed by atoms with Crippen LogP contribution in [-0.4, -0.2) is 6.61 Å². The zero-order valence-corrected chi connectivity index (χ0v) is 23.5. The van der Waals surface area contributed by atoms with Crippen LogP contribution in [0, 0.1) is 29.4 Å². The third kappa shape index (κ3) is 9.64. The van der Waals surface area contributed by atoms with Crippen LogP contribution in [0.4, 0.5) is 8.78 Å². The first-order valence-electron chi connectivity index (χ1n) is 15.7. The summed E-state index contributed by atoms with van der Waals surface area (Å²) in [6, 6.07) is 3.45. The molecule has 0 N–H and O–H groups in total. The van der Waals surface area contributed by atoms with Gasteiger partial charge in [0.25, 0.3) is 0 Å². The van der Waals surface area contributed by atoms with E-state index in [0.717, 1.165) is 56.3 Å². The predicted molar refractivity (Wildman–Crippen MR) is 149 cm³/mol. The smallest absolute Gasteiger partial charge is 0.200 e. The minimum atomic E-state index is -0.786. The Hall–Kier alpha value is -1.12. The number of hydrogen-bond donors (Lipinski definition) is 0. The molecule has 0 spiro atoms. The van der Waals surface area contributed by atoms with Crippen molar-refractivity contribution in [2.45, 2.75) is 148 Å². The second-order valence-electron chi connectivity index (χ2n) is 12.1. The minimum absolute atomic E-state index is 0.0820. The molecule has 0 aliphatic heterocycles. The molecule has 2 fully saturated rings. The van der Waals surface area contributed by atoms with Gasteiger partial charge in [0.15, 0.2) is 11.6 Å². The molecule has 1 aromatic rings. The van der Waals surface area contributed by atoms with Crippen LogP contribution >= 0.6 is 0 Å². The third-order valence-electron chi connectivity index (χ3n) is 9.28. The monoisotopic (exact) mass is 504 g/mol. The van der Waals surface area contributed by atoms with E-state index in [1.807, 2.05) is 0 Å². The van der Waals surface area contributed by atoms with Crippen LogP contribution in [0.25, 0.3) is 0 Å². The maximum atomic E-state index is 14.9. The SMILES string of the molecule is CCCCCCCCOc1ccc(C2CCC(CCC3CCC(CCCCC)CC3)CC2)c(F)c1F. The molecular weight excluding hydrogens is 450 g/mol. The van der Waals surface area contributed by atoms with Crippen LogP contribution in [-0.2, 0) is 0 Å². The van der Waals surface area contributed by atoms with Gasteiger partial charge in [-0.05, 0) is 67.4 Å². The Labute approximate surface area is 221 Å². The number of rotatable bonds is 16. The van der Waals surface area contributed by atoms with Gasteiger partial charge in [0.2, 0.25) is 5.82 Å².